The van der Waals surface area contributed by atoms with Gasteiger partial charge in [-0.2, -0.15) is 0 Å². The number of guanidine groups is 1. The van der Waals surface area contributed by atoms with Gasteiger partial charge in [-0.05, 0) is 0 Å². The Bertz CT molecular complexity index is 225. The van der Waals surface area contributed by atoms with Crippen LogP contribution in [0.5, 0.6) is 0 Å². The molecule has 3 aliphatic rings. The Kier molecular flexibility index (Phi) is 0.908. The maximum Gasteiger partial charge on any atom is 0.545 e. The molecule has 0 radical (unpaired) electrons. The normalized spacial score (nSPS) is 37.9. The van der Waals surface area contributed by atoms with Crippen LogP contribution in [0.4, 0.5) is 0 Å². The smallest absolute Gasteiger partial charge is 0.262 e. The molecule has 10 heavy (non-hydrogen) atoms. The summed E-state index contributed by atoms with van der Waals surface area (Å²) in [5.41, 5.74) is 0. The van der Waals surface area contributed by atoms with Gasteiger partial charge in [0.25, 0.3) is 5.96 Å². The molecule has 3 fully saturated rings. The number of hydrazine groups is 1. The van der Waals surface area contributed by atoms with Crippen molar-refractivity contribution in [2.45, 2.75) is 0 Å². The first-order chi connectivity index (χ1) is 4.61. The summed E-state index contributed by atoms with van der Waals surface area (Å²) in [5.74, 6) is 4.63. The maximum absolute atomic E-state index is 10.7. The average Bonchev–Trinajstić information content (AvgIpc) is 1.77. The third-order valence-electron chi connectivity index (χ3n) is 0.918. The van der Waals surface area contributed by atoms with Crippen LogP contribution in [0.3, 0.4) is 0 Å². The molecule has 0 aromatic rings. The van der Waals surface area contributed by atoms with Crippen LogP contribution < -0.4 is 5.84 Å². The van der Waals surface area contributed by atoms with E-state index < -0.39 is 7.82 Å². The van der Waals surface area contributed by atoms with E-state index in [-0.39, 0.29) is 5.96 Å². The van der Waals surface area contributed by atoms with E-state index in [1.165, 1.54) is 0 Å². The van der Waals surface area contributed by atoms with Crippen molar-refractivity contribution in [3.05, 3.63) is 0 Å². The van der Waals surface area contributed by atoms with Crippen LogP contribution >= 0.6 is 7.82 Å². The van der Waals surface area contributed by atoms with Crippen molar-refractivity contribution in [2.75, 3.05) is 0 Å². The highest BCUT2D eigenvalue weighted by molar-refractivity contribution is 7.49. The van der Waals surface area contributed by atoms with Gasteiger partial charge >= 0.3 is 7.82 Å². The monoisotopic (exact) mass is 166 g/mol. The Balaban J connectivity index is 2.24. The first-order valence-electron chi connectivity index (χ1n) is 2.23. The van der Waals surface area contributed by atoms with E-state index >= 15 is 0 Å². The van der Waals surface area contributed by atoms with E-state index in [4.69, 9.17) is 11.3 Å². The van der Waals surface area contributed by atoms with Crippen LogP contribution in [0.25, 0.3) is 0 Å². The van der Waals surface area contributed by atoms with Crippen molar-refractivity contribution in [3.8, 4) is 0 Å². The van der Waals surface area contributed by atoms with Crippen molar-refractivity contribution >= 4 is 13.8 Å². The molecule has 8 nitrogen and oxygen atoms in total. The molecule has 0 atom stereocenters. The number of phosphoric acid groups is 1. The van der Waals surface area contributed by atoms with Crippen molar-refractivity contribution in [1.82, 2.24) is 10.4 Å². The van der Waals surface area contributed by atoms with E-state index in [9.17, 15) is 4.57 Å². The quantitative estimate of drug-likeness (QED) is 0.363. The summed E-state index contributed by atoms with van der Waals surface area (Å²) < 4.78 is 23.7. The molecule has 0 spiro atoms. The molecule has 3 heterocycles. The number of fused-ring (bicyclic) bond motifs is 2. The summed E-state index contributed by atoms with van der Waals surface area (Å²) in [7, 11) is -3.45. The molecule has 3 aliphatic heterocycles. The largest absolute Gasteiger partial charge is 0.545 e. The van der Waals surface area contributed by atoms with E-state index in [2.05, 4.69) is 13.9 Å². The molecule has 9 heteroatoms. The standard InChI is InChI=1S/CH3N4O4P/c2-1-4(3)7-10(6)8-5(1)9-10/h2H,3H2. The Labute approximate surface area is 55.0 Å². The number of rotatable bonds is 0. The number of nitrogens with two attached hydrogens (primary N) is 1. The van der Waals surface area contributed by atoms with Gasteiger partial charge in [0.2, 0.25) is 0 Å². The molecule has 2 bridgehead atoms. The van der Waals surface area contributed by atoms with Crippen LogP contribution in [-0.2, 0) is 18.4 Å². The minimum absolute atomic E-state index is 0.363. The minimum atomic E-state index is -3.45. The summed E-state index contributed by atoms with van der Waals surface area (Å²) >= 11 is 0. The van der Waals surface area contributed by atoms with Gasteiger partial charge in [0, 0.05) is 0 Å². The number of nitrogens with one attached hydrogen (secondary N) is 1. The van der Waals surface area contributed by atoms with Gasteiger partial charge in [0.05, 0.1) is 0 Å². The van der Waals surface area contributed by atoms with Crippen LogP contribution in [0.1, 0.15) is 0 Å². The molecule has 0 amide bonds. The summed E-state index contributed by atoms with van der Waals surface area (Å²) in [6.45, 7) is 0. The fourth-order valence-electron chi connectivity index (χ4n) is 0.522. The summed E-state index contributed by atoms with van der Waals surface area (Å²) in [6.07, 6.45) is 0. The van der Waals surface area contributed by atoms with Gasteiger partial charge in [-0.15, -0.1) is 19.0 Å². The average molecular weight is 166 g/mol. The molecule has 3 N–H and O–H groups in total. The molecule has 0 saturated carbocycles. The molecular weight excluding hydrogens is 163 g/mol. The first-order valence-corrected chi connectivity index (χ1v) is 3.69. The van der Waals surface area contributed by atoms with Gasteiger partial charge in [-0.25, -0.2) is 10.4 Å². The van der Waals surface area contributed by atoms with E-state index in [0.717, 1.165) is 0 Å². The highest BCUT2D eigenvalue weighted by atomic mass is 31.2. The van der Waals surface area contributed by atoms with Crippen LogP contribution in [0.15, 0.2) is 0 Å². The zero-order valence-electron chi connectivity index (χ0n) is 4.55. The Morgan fingerprint density at radius 2 is 2.10 bits per heavy atom. The second-order valence-corrected chi connectivity index (χ2v) is 2.98. The first kappa shape index (κ1) is 6.08. The van der Waals surface area contributed by atoms with Crippen molar-refractivity contribution < 1.29 is 18.4 Å². The number of hydrogen-bond acceptors (Lipinski definition) is 6. The van der Waals surface area contributed by atoms with Gasteiger partial charge in [0.15, 0.2) is 0 Å². The van der Waals surface area contributed by atoms with Crippen LogP contribution in [0.2, 0.25) is 0 Å². The highest BCUT2D eigenvalue weighted by Crippen LogP contribution is 2.62. The highest BCUT2D eigenvalue weighted by Gasteiger charge is 2.55. The van der Waals surface area contributed by atoms with Gasteiger partial charge < -0.3 is 0 Å². The van der Waals surface area contributed by atoms with Gasteiger partial charge in [-0.3, -0.25) is 5.41 Å². The number of nitrogens with zero attached hydrogens (tertiary/aromatic N) is 2. The van der Waals surface area contributed by atoms with Crippen LogP contribution in [-0.4, -0.2) is 16.4 Å². The summed E-state index contributed by atoms with van der Waals surface area (Å²) in [6, 6.07) is 0. The Morgan fingerprint density at radius 3 is 2.50 bits per heavy atom. The lowest BCUT2D eigenvalue weighted by atomic mass is 11.0. The Hall–Kier alpha value is -0.660. The molecule has 56 valence electrons. The third-order valence-corrected chi connectivity index (χ3v) is 1.99. The van der Waals surface area contributed by atoms with Crippen molar-refractivity contribution in [3.63, 3.8) is 0 Å². The molecular formula is CH3N4O4P. The zero-order chi connectivity index (χ0) is 7.35. The van der Waals surface area contributed by atoms with E-state index in [0.29, 0.717) is 10.4 Å². The minimum Gasteiger partial charge on any atom is -0.262 e. The van der Waals surface area contributed by atoms with Crippen LogP contribution in [0, 0.1) is 5.41 Å². The molecule has 3 rings (SSSR count). The number of hydroxylamine groups is 3. The molecule has 0 aromatic heterocycles. The van der Waals surface area contributed by atoms with E-state index in [1.54, 1.807) is 0 Å². The zero-order valence-corrected chi connectivity index (χ0v) is 5.45. The lowest BCUT2D eigenvalue weighted by Gasteiger charge is -2.42. The predicted molar refractivity (Wildman–Crippen MR) is 26.5 cm³/mol. The predicted octanol–water partition coefficient (Wildman–Crippen LogP) is -0.671. The second kappa shape index (κ2) is 1.49. The maximum atomic E-state index is 10.7. The molecule has 0 unspecified atom stereocenters. The fourth-order valence-corrected chi connectivity index (χ4v) is 1.40. The molecule has 0 aromatic carbocycles. The van der Waals surface area contributed by atoms with Crippen molar-refractivity contribution in [1.29, 1.82) is 5.41 Å². The fraction of sp³-hybridized carbons (Fsp3) is 0. The van der Waals surface area contributed by atoms with Gasteiger partial charge in [0.1, 0.15) is 0 Å². The topological polar surface area (TPSA) is 101 Å². The van der Waals surface area contributed by atoms with Crippen molar-refractivity contribution in [2.24, 2.45) is 5.84 Å². The van der Waals surface area contributed by atoms with Gasteiger partial charge in [-0.1, -0.05) is 5.23 Å². The van der Waals surface area contributed by atoms with E-state index in [1.807, 2.05) is 0 Å². The SMILES string of the molecule is N=C1N(N)OP2(=O)ON1O2. The second-order valence-electron chi connectivity index (χ2n) is 1.60. The molecule has 3 saturated heterocycles. The lowest BCUT2D eigenvalue weighted by molar-refractivity contribution is -0.352. The number of hydrogen-bond donors (Lipinski definition) is 2. The summed E-state index contributed by atoms with van der Waals surface area (Å²) in [5, 5.41) is 8.07. The lowest BCUT2D eigenvalue weighted by Crippen LogP contribution is -2.56. The summed E-state index contributed by atoms with van der Waals surface area (Å²) in [4.78, 5) is 0. The third kappa shape index (κ3) is 0.591. The Morgan fingerprint density at radius 1 is 1.50 bits per heavy atom. The molecule has 0 aliphatic carbocycles.